The summed E-state index contributed by atoms with van der Waals surface area (Å²) >= 11 is 0. The molecule has 1 heterocycles. The molecular weight excluding hydrogens is 260 g/mol. The lowest BCUT2D eigenvalue weighted by Gasteiger charge is -2.21. The molecule has 0 aromatic rings. The van der Waals surface area contributed by atoms with Crippen molar-refractivity contribution in [1.82, 2.24) is 10.2 Å². The molecule has 1 fully saturated rings. The van der Waals surface area contributed by atoms with Crippen molar-refractivity contribution < 1.29 is 19.5 Å². The number of hydrogen-bond acceptors (Lipinski definition) is 3. The molecule has 1 aliphatic heterocycles. The van der Waals surface area contributed by atoms with Gasteiger partial charge in [-0.3, -0.25) is 14.4 Å². The van der Waals surface area contributed by atoms with E-state index in [2.05, 4.69) is 5.32 Å². The van der Waals surface area contributed by atoms with E-state index >= 15 is 0 Å². The maximum Gasteiger partial charge on any atom is 0.303 e. The molecule has 6 nitrogen and oxygen atoms in total. The first-order chi connectivity index (χ1) is 9.35. The Balaban J connectivity index is 2.44. The molecule has 20 heavy (non-hydrogen) atoms. The van der Waals surface area contributed by atoms with Crippen molar-refractivity contribution in [3.8, 4) is 0 Å². The summed E-state index contributed by atoms with van der Waals surface area (Å²) in [6.07, 6.45) is 1.01. The third kappa shape index (κ3) is 4.51. The topological polar surface area (TPSA) is 86.7 Å². The van der Waals surface area contributed by atoms with Crippen LogP contribution >= 0.6 is 0 Å². The fourth-order valence-electron chi connectivity index (χ4n) is 2.40. The van der Waals surface area contributed by atoms with E-state index in [9.17, 15) is 14.4 Å². The molecule has 2 N–H and O–H groups in total. The van der Waals surface area contributed by atoms with Crippen molar-refractivity contribution in [3.05, 3.63) is 0 Å². The molecule has 0 saturated carbocycles. The predicted molar refractivity (Wildman–Crippen MR) is 74.0 cm³/mol. The third-order valence-electron chi connectivity index (χ3n) is 3.76. The second-order valence-corrected chi connectivity index (χ2v) is 5.66. The maximum absolute atomic E-state index is 12.0. The number of carbonyl (C=O) groups excluding carboxylic acids is 2. The molecule has 1 rings (SSSR count). The Kier molecular flexibility index (Phi) is 5.98. The predicted octanol–water partition coefficient (Wildman–Crippen LogP) is 0.860. The van der Waals surface area contributed by atoms with E-state index in [-0.39, 0.29) is 42.5 Å². The van der Waals surface area contributed by atoms with Crippen LogP contribution in [0.3, 0.4) is 0 Å². The van der Waals surface area contributed by atoms with E-state index in [0.717, 1.165) is 0 Å². The van der Waals surface area contributed by atoms with Gasteiger partial charge in [0.05, 0.1) is 5.92 Å². The summed E-state index contributed by atoms with van der Waals surface area (Å²) in [5, 5.41) is 11.5. The van der Waals surface area contributed by atoms with Crippen LogP contribution in [0.15, 0.2) is 0 Å². The minimum atomic E-state index is -0.854. The van der Waals surface area contributed by atoms with Crippen LogP contribution in [0.4, 0.5) is 0 Å². The molecule has 1 saturated heterocycles. The zero-order chi connectivity index (χ0) is 15.3. The van der Waals surface area contributed by atoms with Crippen molar-refractivity contribution in [3.63, 3.8) is 0 Å². The van der Waals surface area contributed by atoms with Gasteiger partial charge in [0.15, 0.2) is 0 Å². The first kappa shape index (κ1) is 16.5. The number of carboxylic acids is 1. The third-order valence-corrected chi connectivity index (χ3v) is 3.76. The second kappa shape index (κ2) is 7.26. The van der Waals surface area contributed by atoms with E-state index < -0.39 is 5.97 Å². The highest BCUT2D eigenvalue weighted by Gasteiger charge is 2.35. The lowest BCUT2D eigenvalue weighted by Crippen LogP contribution is -2.37. The number of nitrogens with zero attached hydrogens (tertiary/aromatic N) is 1. The summed E-state index contributed by atoms with van der Waals surface area (Å²) in [6, 6.07) is 0.107. The van der Waals surface area contributed by atoms with Gasteiger partial charge in [0.2, 0.25) is 11.8 Å². The van der Waals surface area contributed by atoms with Gasteiger partial charge in [-0.2, -0.15) is 0 Å². The first-order valence-electron chi connectivity index (χ1n) is 7.14. The highest BCUT2D eigenvalue weighted by atomic mass is 16.4. The minimum absolute atomic E-state index is 0.0118. The molecule has 0 bridgehead atoms. The summed E-state index contributed by atoms with van der Waals surface area (Å²) in [4.78, 5) is 36.1. The Hall–Kier alpha value is -1.59. The van der Waals surface area contributed by atoms with E-state index in [4.69, 9.17) is 5.11 Å². The van der Waals surface area contributed by atoms with Gasteiger partial charge in [-0.15, -0.1) is 0 Å². The fraction of sp³-hybridized carbons (Fsp3) is 0.786. The van der Waals surface area contributed by atoms with Crippen LogP contribution in [-0.4, -0.2) is 46.9 Å². The Bertz CT molecular complexity index is 381. The zero-order valence-corrected chi connectivity index (χ0v) is 12.4. The Morgan fingerprint density at radius 1 is 1.45 bits per heavy atom. The molecule has 114 valence electrons. The number of carbonyl (C=O) groups is 3. The van der Waals surface area contributed by atoms with Gasteiger partial charge >= 0.3 is 5.97 Å². The van der Waals surface area contributed by atoms with E-state index in [1.54, 1.807) is 4.90 Å². The molecule has 0 aliphatic carbocycles. The lowest BCUT2D eigenvalue weighted by molar-refractivity contribution is -0.138. The van der Waals surface area contributed by atoms with Crippen molar-refractivity contribution in [2.24, 2.45) is 11.8 Å². The van der Waals surface area contributed by atoms with Crippen molar-refractivity contribution >= 4 is 17.8 Å². The summed E-state index contributed by atoms with van der Waals surface area (Å²) in [6.45, 7) is 6.57. The van der Waals surface area contributed by atoms with Gasteiger partial charge in [0.25, 0.3) is 0 Å². The van der Waals surface area contributed by atoms with Crippen LogP contribution in [0.5, 0.6) is 0 Å². The fourth-order valence-corrected chi connectivity index (χ4v) is 2.40. The van der Waals surface area contributed by atoms with Gasteiger partial charge < -0.3 is 15.3 Å². The molecule has 2 atom stereocenters. The van der Waals surface area contributed by atoms with Crippen molar-refractivity contribution in [1.29, 1.82) is 0 Å². The standard InChI is InChI=1S/C14H24N2O4/c1-4-10(5-13(18)19)7-15-14(20)11-6-12(17)16(8-11)9(2)3/h9-11H,4-8H2,1-3H3,(H,15,20)(H,18,19). The summed E-state index contributed by atoms with van der Waals surface area (Å²) < 4.78 is 0. The van der Waals surface area contributed by atoms with Gasteiger partial charge in [0.1, 0.15) is 0 Å². The number of nitrogens with one attached hydrogen (secondary N) is 1. The lowest BCUT2D eigenvalue weighted by atomic mass is 10.0. The number of carboxylic acid groups (broad SMARTS) is 1. The number of amides is 2. The van der Waals surface area contributed by atoms with Crippen LogP contribution in [0.25, 0.3) is 0 Å². The Morgan fingerprint density at radius 2 is 2.10 bits per heavy atom. The van der Waals surface area contributed by atoms with Crippen LogP contribution in [0.2, 0.25) is 0 Å². The number of rotatable bonds is 7. The highest BCUT2D eigenvalue weighted by Crippen LogP contribution is 2.20. The normalized spacial score (nSPS) is 20.3. The average molecular weight is 284 g/mol. The number of aliphatic carboxylic acids is 1. The molecule has 0 spiro atoms. The van der Waals surface area contributed by atoms with Crippen LogP contribution in [0.1, 0.15) is 40.0 Å². The van der Waals surface area contributed by atoms with Crippen molar-refractivity contribution in [2.45, 2.75) is 46.1 Å². The number of hydrogen-bond donors (Lipinski definition) is 2. The highest BCUT2D eigenvalue weighted by molar-refractivity contribution is 5.89. The second-order valence-electron chi connectivity index (χ2n) is 5.66. The largest absolute Gasteiger partial charge is 0.481 e. The zero-order valence-electron chi connectivity index (χ0n) is 12.4. The Morgan fingerprint density at radius 3 is 2.55 bits per heavy atom. The maximum atomic E-state index is 12.0. The first-order valence-corrected chi connectivity index (χ1v) is 7.14. The Labute approximate surface area is 119 Å². The molecule has 0 aromatic carbocycles. The average Bonchev–Trinajstić information content (AvgIpc) is 2.76. The van der Waals surface area contributed by atoms with Crippen LogP contribution in [-0.2, 0) is 14.4 Å². The summed E-state index contributed by atoms with van der Waals surface area (Å²) in [7, 11) is 0. The molecule has 0 radical (unpaired) electrons. The molecule has 0 aromatic heterocycles. The number of likely N-dealkylation sites (tertiary alicyclic amines) is 1. The molecule has 2 unspecified atom stereocenters. The van der Waals surface area contributed by atoms with Crippen LogP contribution in [0, 0.1) is 11.8 Å². The molecule has 2 amide bonds. The van der Waals surface area contributed by atoms with Gasteiger partial charge in [-0.05, 0) is 19.8 Å². The molecule has 1 aliphatic rings. The van der Waals surface area contributed by atoms with Gasteiger partial charge in [0, 0.05) is 32.0 Å². The van der Waals surface area contributed by atoms with Gasteiger partial charge in [-0.1, -0.05) is 13.3 Å². The summed E-state index contributed by atoms with van der Waals surface area (Å²) in [5.41, 5.74) is 0. The van der Waals surface area contributed by atoms with E-state index in [1.165, 1.54) is 0 Å². The quantitative estimate of drug-likeness (QED) is 0.726. The SMILES string of the molecule is CCC(CNC(=O)C1CC(=O)N(C(C)C)C1)CC(=O)O. The van der Waals surface area contributed by atoms with Crippen LogP contribution < -0.4 is 5.32 Å². The molecular formula is C14H24N2O4. The van der Waals surface area contributed by atoms with E-state index in [1.807, 2.05) is 20.8 Å². The summed E-state index contributed by atoms with van der Waals surface area (Å²) in [5.74, 6) is -1.36. The molecule has 6 heteroatoms. The van der Waals surface area contributed by atoms with E-state index in [0.29, 0.717) is 19.5 Å². The monoisotopic (exact) mass is 284 g/mol. The van der Waals surface area contributed by atoms with Crippen molar-refractivity contribution in [2.75, 3.05) is 13.1 Å². The minimum Gasteiger partial charge on any atom is -0.481 e. The van der Waals surface area contributed by atoms with Gasteiger partial charge in [-0.25, -0.2) is 0 Å². The smallest absolute Gasteiger partial charge is 0.303 e.